The summed E-state index contributed by atoms with van der Waals surface area (Å²) in [5.74, 6) is 1.05. The van der Waals surface area contributed by atoms with Gasteiger partial charge >= 0.3 is 0 Å². The van der Waals surface area contributed by atoms with Gasteiger partial charge in [-0.1, -0.05) is 30.3 Å². The van der Waals surface area contributed by atoms with Crippen LogP contribution >= 0.6 is 0 Å². The Morgan fingerprint density at radius 1 is 1.14 bits per heavy atom. The van der Waals surface area contributed by atoms with E-state index in [0.717, 1.165) is 31.6 Å². The Bertz CT molecular complexity index is 628. The summed E-state index contributed by atoms with van der Waals surface area (Å²) in [7, 11) is 0. The van der Waals surface area contributed by atoms with Crippen molar-refractivity contribution >= 4 is 0 Å². The molecule has 1 aliphatic rings. The molecular weight excluding hydrogens is 258 g/mol. The molecular formula is C19H23NO. The predicted octanol–water partition coefficient (Wildman–Crippen LogP) is 3.87. The second kappa shape index (κ2) is 5.90. The maximum Gasteiger partial charge on any atom is 0.122 e. The fourth-order valence-corrected chi connectivity index (χ4v) is 3.27. The smallest absolute Gasteiger partial charge is 0.122 e. The minimum atomic E-state index is 0.107. The molecule has 0 saturated heterocycles. The molecule has 0 spiro atoms. The second-order valence-electron chi connectivity index (χ2n) is 5.99. The molecule has 1 atom stereocenters. The highest BCUT2D eigenvalue weighted by Crippen LogP contribution is 2.28. The van der Waals surface area contributed by atoms with Crippen molar-refractivity contribution in [2.75, 3.05) is 6.61 Å². The zero-order valence-electron chi connectivity index (χ0n) is 12.9. The van der Waals surface area contributed by atoms with E-state index >= 15 is 0 Å². The van der Waals surface area contributed by atoms with Gasteiger partial charge in [0.25, 0.3) is 0 Å². The third kappa shape index (κ3) is 2.96. The number of ether oxygens (including phenoxy) is 1. The Kier molecular flexibility index (Phi) is 3.98. The van der Waals surface area contributed by atoms with Crippen molar-refractivity contribution in [1.29, 1.82) is 0 Å². The van der Waals surface area contributed by atoms with E-state index in [1.807, 2.05) is 0 Å². The fourth-order valence-electron chi connectivity index (χ4n) is 3.27. The summed E-state index contributed by atoms with van der Waals surface area (Å²) in [4.78, 5) is 0. The Hall–Kier alpha value is -1.80. The van der Waals surface area contributed by atoms with Crippen LogP contribution in [0, 0.1) is 13.8 Å². The van der Waals surface area contributed by atoms with Gasteiger partial charge in [-0.15, -0.1) is 0 Å². The summed E-state index contributed by atoms with van der Waals surface area (Å²) < 4.78 is 5.56. The van der Waals surface area contributed by atoms with E-state index in [-0.39, 0.29) is 6.04 Å². The topological polar surface area (TPSA) is 35.2 Å². The Balaban J connectivity index is 1.70. The van der Waals surface area contributed by atoms with Crippen molar-refractivity contribution in [1.82, 2.24) is 0 Å². The molecule has 1 unspecified atom stereocenters. The first-order valence-electron chi connectivity index (χ1n) is 7.71. The number of rotatable bonds is 4. The van der Waals surface area contributed by atoms with Crippen LogP contribution in [-0.2, 0) is 12.8 Å². The summed E-state index contributed by atoms with van der Waals surface area (Å²) in [6, 6.07) is 13.0. The maximum atomic E-state index is 6.43. The molecule has 2 aromatic rings. The molecule has 110 valence electrons. The number of hydrogen-bond acceptors (Lipinski definition) is 2. The molecule has 0 fully saturated rings. The van der Waals surface area contributed by atoms with Crippen LogP contribution in [0.25, 0.3) is 0 Å². The third-order valence-electron chi connectivity index (χ3n) is 4.41. The molecule has 21 heavy (non-hydrogen) atoms. The van der Waals surface area contributed by atoms with Crippen LogP contribution in [0.15, 0.2) is 36.4 Å². The molecule has 0 saturated carbocycles. The van der Waals surface area contributed by atoms with Gasteiger partial charge in [0.05, 0.1) is 6.61 Å². The van der Waals surface area contributed by atoms with Crippen molar-refractivity contribution in [3.05, 3.63) is 64.2 Å². The lowest BCUT2D eigenvalue weighted by molar-refractivity contribution is 0.357. The molecule has 3 rings (SSSR count). The number of nitrogens with two attached hydrogens (primary N) is 1. The largest absolute Gasteiger partial charge is 0.493 e. The molecule has 0 aromatic heterocycles. The SMILES string of the molecule is Cc1cccc(C)c1C(N)CCc1ccc2c(c1)CCO2. The lowest BCUT2D eigenvalue weighted by atomic mass is 9.92. The van der Waals surface area contributed by atoms with Crippen LogP contribution in [-0.4, -0.2) is 6.61 Å². The predicted molar refractivity (Wildman–Crippen MR) is 86.8 cm³/mol. The zero-order valence-corrected chi connectivity index (χ0v) is 12.9. The van der Waals surface area contributed by atoms with E-state index in [2.05, 4.69) is 50.2 Å². The van der Waals surface area contributed by atoms with Gasteiger partial charge in [0.15, 0.2) is 0 Å². The Morgan fingerprint density at radius 3 is 2.67 bits per heavy atom. The molecule has 2 aromatic carbocycles. The van der Waals surface area contributed by atoms with Gasteiger partial charge in [-0.2, -0.15) is 0 Å². The Morgan fingerprint density at radius 2 is 1.90 bits per heavy atom. The van der Waals surface area contributed by atoms with Gasteiger partial charge in [0.2, 0.25) is 0 Å². The zero-order chi connectivity index (χ0) is 14.8. The van der Waals surface area contributed by atoms with Crippen LogP contribution in [0.5, 0.6) is 5.75 Å². The van der Waals surface area contributed by atoms with Crippen molar-refractivity contribution < 1.29 is 4.74 Å². The van der Waals surface area contributed by atoms with E-state index in [1.54, 1.807) is 0 Å². The summed E-state index contributed by atoms with van der Waals surface area (Å²) in [6.07, 6.45) is 3.03. The molecule has 0 bridgehead atoms. The van der Waals surface area contributed by atoms with Gasteiger partial charge < -0.3 is 10.5 Å². The lowest BCUT2D eigenvalue weighted by Gasteiger charge is -2.17. The molecule has 2 nitrogen and oxygen atoms in total. The van der Waals surface area contributed by atoms with Crippen LogP contribution < -0.4 is 10.5 Å². The number of aryl methyl sites for hydroxylation is 3. The normalized spacial score (nSPS) is 14.6. The van der Waals surface area contributed by atoms with Crippen molar-refractivity contribution in [2.24, 2.45) is 5.73 Å². The minimum absolute atomic E-state index is 0.107. The molecule has 1 aliphatic heterocycles. The quantitative estimate of drug-likeness (QED) is 0.923. The Labute approximate surface area is 126 Å². The average Bonchev–Trinajstić information content (AvgIpc) is 2.92. The first-order chi connectivity index (χ1) is 10.1. The van der Waals surface area contributed by atoms with Crippen molar-refractivity contribution in [3.63, 3.8) is 0 Å². The van der Waals surface area contributed by atoms with Crippen molar-refractivity contribution in [2.45, 2.75) is 39.2 Å². The van der Waals surface area contributed by atoms with Crippen LogP contribution in [0.3, 0.4) is 0 Å². The van der Waals surface area contributed by atoms with E-state index in [9.17, 15) is 0 Å². The number of hydrogen-bond donors (Lipinski definition) is 1. The molecule has 2 heteroatoms. The molecule has 2 N–H and O–H groups in total. The monoisotopic (exact) mass is 281 g/mol. The van der Waals surface area contributed by atoms with Crippen LogP contribution in [0.2, 0.25) is 0 Å². The second-order valence-corrected chi connectivity index (χ2v) is 5.99. The van der Waals surface area contributed by atoms with Gasteiger partial charge in [-0.25, -0.2) is 0 Å². The van der Waals surface area contributed by atoms with Gasteiger partial charge in [0, 0.05) is 12.5 Å². The standard InChI is InChI=1S/C19H23NO/c1-13-4-3-5-14(2)19(13)17(20)8-6-15-7-9-18-16(12-15)10-11-21-18/h3-5,7,9,12,17H,6,8,10-11,20H2,1-2H3. The first-order valence-corrected chi connectivity index (χ1v) is 7.71. The maximum absolute atomic E-state index is 6.43. The third-order valence-corrected chi connectivity index (χ3v) is 4.41. The average molecular weight is 281 g/mol. The van der Waals surface area contributed by atoms with E-state index in [4.69, 9.17) is 10.5 Å². The van der Waals surface area contributed by atoms with Gasteiger partial charge in [-0.05, 0) is 60.6 Å². The highest BCUT2D eigenvalue weighted by molar-refractivity contribution is 5.40. The summed E-state index contributed by atoms with van der Waals surface area (Å²) >= 11 is 0. The summed E-state index contributed by atoms with van der Waals surface area (Å²) in [5, 5.41) is 0. The van der Waals surface area contributed by atoms with E-state index in [1.165, 1.54) is 27.8 Å². The van der Waals surface area contributed by atoms with Crippen molar-refractivity contribution in [3.8, 4) is 5.75 Å². The molecule has 0 amide bonds. The van der Waals surface area contributed by atoms with Gasteiger partial charge in [0.1, 0.15) is 5.75 Å². The number of benzene rings is 2. The van der Waals surface area contributed by atoms with E-state index in [0.29, 0.717) is 0 Å². The highest BCUT2D eigenvalue weighted by Gasteiger charge is 2.14. The lowest BCUT2D eigenvalue weighted by Crippen LogP contribution is -2.14. The van der Waals surface area contributed by atoms with E-state index < -0.39 is 0 Å². The molecule has 0 radical (unpaired) electrons. The first kappa shape index (κ1) is 14.2. The number of fused-ring (bicyclic) bond motifs is 1. The van der Waals surface area contributed by atoms with Crippen LogP contribution in [0.1, 0.15) is 40.3 Å². The summed E-state index contributed by atoms with van der Waals surface area (Å²) in [5.41, 5.74) is 13.0. The molecule has 1 heterocycles. The van der Waals surface area contributed by atoms with Crippen LogP contribution in [0.4, 0.5) is 0 Å². The molecule has 0 aliphatic carbocycles. The fraction of sp³-hybridized carbons (Fsp3) is 0.368. The van der Waals surface area contributed by atoms with Gasteiger partial charge in [-0.3, -0.25) is 0 Å². The highest BCUT2D eigenvalue weighted by atomic mass is 16.5. The summed E-state index contributed by atoms with van der Waals surface area (Å²) in [6.45, 7) is 5.12. The minimum Gasteiger partial charge on any atom is -0.493 e.